The molecule has 84 valence electrons. The third-order valence-electron chi connectivity index (χ3n) is 2.40. The minimum Gasteiger partial charge on any atom is -0.478 e. The molecule has 3 N–H and O–H groups in total. The molecule has 0 aliphatic carbocycles. The number of nitrogens with zero attached hydrogens (tertiary/aromatic N) is 1. The summed E-state index contributed by atoms with van der Waals surface area (Å²) in [4.78, 5) is 26.0. The zero-order chi connectivity index (χ0) is 11.5. The molecule has 0 saturated carbocycles. The van der Waals surface area contributed by atoms with Gasteiger partial charge in [0.25, 0.3) is 0 Å². The molecule has 0 unspecified atom stereocenters. The summed E-state index contributed by atoms with van der Waals surface area (Å²) in [6, 6.07) is 1.39. The van der Waals surface area contributed by atoms with Crippen LogP contribution < -0.4 is 10.6 Å². The molecule has 1 aromatic heterocycles. The van der Waals surface area contributed by atoms with E-state index in [1.807, 2.05) is 0 Å². The summed E-state index contributed by atoms with van der Waals surface area (Å²) in [5, 5.41) is 14.4. The predicted molar refractivity (Wildman–Crippen MR) is 56.2 cm³/mol. The Bertz CT molecular complexity index is 429. The number of hydrogen-bond donors (Lipinski definition) is 3. The van der Waals surface area contributed by atoms with Gasteiger partial charge in [0, 0.05) is 19.3 Å². The van der Waals surface area contributed by atoms with E-state index in [2.05, 4.69) is 15.6 Å². The van der Waals surface area contributed by atoms with Gasteiger partial charge < -0.3 is 15.7 Å². The van der Waals surface area contributed by atoms with E-state index >= 15 is 0 Å². The normalized spacial score (nSPS) is 15.2. The molecule has 16 heavy (non-hydrogen) atoms. The van der Waals surface area contributed by atoms with Crippen molar-refractivity contribution in [2.75, 3.05) is 18.4 Å². The minimum atomic E-state index is -1.06. The smallest absolute Gasteiger partial charge is 0.337 e. The van der Waals surface area contributed by atoms with E-state index in [0.29, 0.717) is 18.8 Å². The summed E-state index contributed by atoms with van der Waals surface area (Å²) in [6.07, 6.45) is 2.67. The van der Waals surface area contributed by atoms with Gasteiger partial charge in [-0.05, 0) is 6.07 Å². The minimum absolute atomic E-state index is 0.0338. The number of pyridine rings is 1. The van der Waals surface area contributed by atoms with Gasteiger partial charge >= 0.3 is 5.97 Å². The Balaban J connectivity index is 2.05. The summed E-state index contributed by atoms with van der Waals surface area (Å²) >= 11 is 0. The van der Waals surface area contributed by atoms with Crippen molar-refractivity contribution >= 4 is 17.6 Å². The molecule has 6 nitrogen and oxygen atoms in total. The molecule has 6 heteroatoms. The van der Waals surface area contributed by atoms with E-state index in [4.69, 9.17) is 5.11 Å². The molecule has 0 aromatic carbocycles. The average Bonchev–Trinajstić information content (AvgIpc) is 2.15. The van der Waals surface area contributed by atoms with Crippen molar-refractivity contribution < 1.29 is 14.7 Å². The zero-order valence-electron chi connectivity index (χ0n) is 8.43. The van der Waals surface area contributed by atoms with Gasteiger partial charge in [-0.15, -0.1) is 0 Å². The van der Waals surface area contributed by atoms with Crippen LogP contribution in [0.15, 0.2) is 18.5 Å². The van der Waals surface area contributed by atoms with Crippen molar-refractivity contribution in [1.82, 2.24) is 10.3 Å². The van der Waals surface area contributed by atoms with Gasteiger partial charge in [-0.2, -0.15) is 0 Å². The Morgan fingerprint density at radius 2 is 2.19 bits per heavy atom. The van der Waals surface area contributed by atoms with E-state index < -0.39 is 5.97 Å². The number of carbonyl (C=O) groups excluding carboxylic acids is 1. The molecule has 1 saturated heterocycles. The van der Waals surface area contributed by atoms with Crippen LogP contribution in [-0.4, -0.2) is 35.1 Å². The van der Waals surface area contributed by atoms with E-state index in [0.717, 1.165) is 0 Å². The van der Waals surface area contributed by atoms with Gasteiger partial charge in [0.05, 0.1) is 23.4 Å². The Labute approximate surface area is 91.7 Å². The van der Waals surface area contributed by atoms with E-state index in [-0.39, 0.29) is 17.4 Å². The highest BCUT2D eigenvalue weighted by molar-refractivity contribution is 5.95. The topological polar surface area (TPSA) is 91.3 Å². The Kier molecular flexibility index (Phi) is 2.82. The summed E-state index contributed by atoms with van der Waals surface area (Å²) in [6.45, 7) is 1.33. The third-order valence-corrected chi connectivity index (χ3v) is 2.40. The van der Waals surface area contributed by atoms with Gasteiger partial charge in [0.2, 0.25) is 5.91 Å². The van der Waals surface area contributed by atoms with Crippen molar-refractivity contribution in [3.63, 3.8) is 0 Å². The van der Waals surface area contributed by atoms with Crippen LogP contribution in [0.3, 0.4) is 0 Å². The number of nitrogens with one attached hydrogen (secondary N) is 2. The molecular weight excluding hydrogens is 210 g/mol. The second-order valence-electron chi connectivity index (χ2n) is 3.61. The number of aromatic nitrogens is 1. The lowest BCUT2D eigenvalue weighted by Crippen LogP contribution is -2.48. The van der Waals surface area contributed by atoms with Crippen molar-refractivity contribution in [3.8, 4) is 0 Å². The van der Waals surface area contributed by atoms with Crippen LogP contribution >= 0.6 is 0 Å². The maximum atomic E-state index is 11.5. The Hall–Kier alpha value is -1.95. The van der Waals surface area contributed by atoms with Crippen LogP contribution in [-0.2, 0) is 4.79 Å². The zero-order valence-corrected chi connectivity index (χ0v) is 8.43. The molecule has 0 radical (unpaired) electrons. The first-order valence-corrected chi connectivity index (χ1v) is 4.87. The number of carbonyl (C=O) groups is 2. The molecule has 1 amide bonds. The highest BCUT2D eigenvalue weighted by Crippen LogP contribution is 2.11. The van der Waals surface area contributed by atoms with E-state index in [1.54, 1.807) is 0 Å². The lowest BCUT2D eigenvalue weighted by molar-refractivity contribution is -0.121. The molecular formula is C10H11N3O3. The quantitative estimate of drug-likeness (QED) is 0.665. The van der Waals surface area contributed by atoms with Crippen LogP contribution in [0.1, 0.15) is 10.4 Å². The van der Waals surface area contributed by atoms with Gasteiger partial charge in [-0.1, -0.05) is 0 Å². The average molecular weight is 221 g/mol. The van der Waals surface area contributed by atoms with Gasteiger partial charge in [0.1, 0.15) is 0 Å². The fourth-order valence-corrected chi connectivity index (χ4v) is 1.34. The first-order chi connectivity index (χ1) is 7.66. The third kappa shape index (κ3) is 2.17. The fourth-order valence-electron chi connectivity index (χ4n) is 1.34. The van der Waals surface area contributed by atoms with Crippen LogP contribution in [0.25, 0.3) is 0 Å². The Morgan fingerprint density at radius 1 is 1.44 bits per heavy atom. The summed E-state index contributed by atoms with van der Waals surface area (Å²) in [7, 11) is 0. The number of carboxylic acid groups (broad SMARTS) is 1. The van der Waals surface area contributed by atoms with Gasteiger partial charge in [0.15, 0.2) is 0 Å². The standard InChI is InChI=1S/C10H11N3O3/c14-9(7-3-11-4-7)13-8-1-6(10(15)16)2-12-5-8/h1-2,5,7,11H,3-4H2,(H,13,14)(H,15,16). The summed E-state index contributed by atoms with van der Waals surface area (Å²) < 4.78 is 0. The van der Waals surface area contributed by atoms with Crippen molar-refractivity contribution in [2.24, 2.45) is 5.92 Å². The van der Waals surface area contributed by atoms with Crippen LogP contribution in [0, 0.1) is 5.92 Å². The van der Waals surface area contributed by atoms with Crippen molar-refractivity contribution in [2.45, 2.75) is 0 Å². The lowest BCUT2D eigenvalue weighted by Gasteiger charge is -2.25. The predicted octanol–water partition coefficient (Wildman–Crippen LogP) is -0.0623. The molecule has 1 fully saturated rings. The van der Waals surface area contributed by atoms with Crippen molar-refractivity contribution in [1.29, 1.82) is 0 Å². The first kappa shape index (κ1) is 10.6. The lowest BCUT2D eigenvalue weighted by atomic mass is 10.0. The van der Waals surface area contributed by atoms with Crippen LogP contribution in [0.2, 0.25) is 0 Å². The highest BCUT2D eigenvalue weighted by atomic mass is 16.4. The SMILES string of the molecule is O=C(O)c1cncc(NC(=O)C2CNC2)c1. The fraction of sp³-hybridized carbons (Fsp3) is 0.300. The summed E-state index contributed by atoms with van der Waals surface area (Å²) in [5.74, 6) is -1.20. The van der Waals surface area contributed by atoms with Gasteiger partial charge in [-0.25, -0.2) is 4.79 Å². The summed E-state index contributed by atoms with van der Waals surface area (Å²) in [5.41, 5.74) is 0.473. The molecule has 2 heterocycles. The van der Waals surface area contributed by atoms with E-state index in [9.17, 15) is 9.59 Å². The number of amides is 1. The number of anilines is 1. The number of hydrogen-bond acceptors (Lipinski definition) is 4. The van der Waals surface area contributed by atoms with Crippen molar-refractivity contribution in [3.05, 3.63) is 24.0 Å². The highest BCUT2D eigenvalue weighted by Gasteiger charge is 2.24. The number of carboxylic acids is 1. The van der Waals surface area contributed by atoms with Crippen LogP contribution in [0.4, 0.5) is 5.69 Å². The second-order valence-corrected chi connectivity index (χ2v) is 3.61. The molecule has 0 bridgehead atoms. The maximum Gasteiger partial charge on any atom is 0.337 e. The molecule has 0 atom stereocenters. The largest absolute Gasteiger partial charge is 0.478 e. The molecule has 1 aliphatic rings. The molecule has 1 aromatic rings. The first-order valence-electron chi connectivity index (χ1n) is 4.87. The Morgan fingerprint density at radius 3 is 2.75 bits per heavy atom. The monoisotopic (exact) mass is 221 g/mol. The second kappa shape index (κ2) is 4.28. The number of aromatic carboxylic acids is 1. The molecule has 0 spiro atoms. The molecule has 1 aliphatic heterocycles. The number of rotatable bonds is 3. The van der Waals surface area contributed by atoms with E-state index in [1.165, 1.54) is 18.5 Å². The van der Waals surface area contributed by atoms with Gasteiger partial charge in [-0.3, -0.25) is 9.78 Å². The van der Waals surface area contributed by atoms with Crippen LogP contribution in [0.5, 0.6) is 0 Å². The maximum absolute atomic E-state index is 11.5. The molecule has 2 rings (SSSR count).